The van der Waals surface area contributed by atoms with E-state index in [2.05, 4.69) is 29.3 Å². The standard InChI is InChI=1S/C14H19NO3.C14H19NO.BrH.ClH/c16-8-7-15-6-5-10-9-2-4-13(17)14(18)11(9)1-3-12(10)15;1-9-3-4-10-11-7-8-15-13(11)6-5-12(10)14(9)16-2;;/h2,4,10,12,16-18H,1,3,5-8H2;3-4,11,13,15H,5-8H2,1-2H3;2*1H/t10-,12+;11-,13+;;/m00../s1. The molecule has 0 saturated carbocycles. The molecule has 2 fully saturated rings. The fourth-order valence-corrected chi connectivity index (χ4v) is 7.00. The molecule has 0 unspecified atom stereocenters. The number of fused-ring (bicyclic) bond motifs is 6. The number of phenols is 2. The van der Waals surface area contributed by atoms with E-state index in [1.54, 1.807) is 13.2 Å². The number of likely N-dealkylation sites (tertiary alicyclic amines) is 1. The molecule has 2 aliphatic heterocycles. The molecule has 6 nitrogen and oxygen atoms in total. The molecule has 0 bridgehead atoms. The van der Waals surface area contributed by atoms with Gasteiger partial charge in [0.1, 0.15) is 5.75 Å². The summed E-state index contributed by atoms with van der Waals surface area (Å²) in [7, 11) is 1.79. The molecule has 6 rings (SSSR count). The van der Waals surface area contributed by atoms with Crippen molar-refractivity contribution in [2.24, 2.45) is 0 Å². The van der Waals surface area contributed by atoms with Crippen molar-refractivity contribution in [3.8, 4) is 17.2 Å². The van der Waals surface area contributed by atoms with Gasteiger partial charge in [-0.2, -0.15) is 0 Å². The third-order valence-corrected chi connectivity index (χ3v) is 8.59. The number of phenolic OH excluding ortho intramolecular Hbond substituents is 2. The molecule has 0 spiro atoms. The number of hydrogen-bond donors (Lipinski definition) is 4. The van der Waals surface area contributed by atoms with E-state index in [0.29, 0.717) is 18.0 Å². The summed E-state index contributed by atoms with van der Waals surface area (Å²) < 4.78 is 5.57. The number of aliphatic hydroxyl groups excluding tert-OH is 1. The van der Waals surface area contributed by atoms with E-state index >= 15 is 0 Å². The summed E-state index contributed by atoms with van der Waals surface area (Å²) in [5, 5.41) is 32.2. The van der Waals surface area contributed by atoms with E-state index in [9.17, 15) is 10.2 Å². The van der Waals surface area contributed by atoms with Crippen LogP contribution >= 0.6 is 29.4 Å². The molecule has 4 aliphatic rings. The number of methoxy groups -OCH3 is 1. The fraction of sp³-hybridized carbons (Fsp3) is 0.571. The highest BCUT2D eigenvalue weighted by Crippen LogP contribution is 2.46. The number of aryl methyl sites for hydroxylation is 1. The summed E-state index contributed by atoms with van der Waals surface area (Å²) in [6.45, 7) is 5.26. The minimum Gasteiger partial charge on any atom is -0.504 e. The van der Waals surface area contributed by atoms with Crippen LogP contribution in [0.1, 0.15) is 65.3 Å². The summed E-state index contributed by atoms with van der Waals surface area (Å²) in [5.41, 5.74) is 6.37. The molecule has 36 heavy (non-hydrogen) atoms. The Kier molecular flexibility index (Phi) is 9.97. The van der Waals surface area contributed by atoms with Crippen LogP contribution in [-0.4, -0.2) is 65.7 Å². The van der Waals surface area contributed by atoms with Gasteiger partial charge in [0.15, 0.2) is 11.5 Å². The SMILES string of the molecule is Br.COc1c(C)ccc2c1CC[C@H]1NCC[C@@H]21.Cl.OCCN1CC[C@H]2c3ccc(O)c(O)c3CC[C@H]21. The van der Waals surface area contributed by atoms with Gasteiger partial charge in [-0.3, -0.25) is 4.90 Å². The Labute approximate surface area is 231 Å². The van der Waals surface area contributed by atoms with Gasteiger partial charge >= 0.3 is 0 Å². The van der Waals surface area contributed by atoms with Crippen molar-refractivity contribution in [2.45, 2.75) is 69.4 Å². The zero-order valence-electron chi connectivity index (χ0n) is 21.2. The number of β-amino-alcohol motifs (C(OH)–C–C–N with tert-alkyl or cyclic N) is 1. The maximum absolute atomic E-state index is 9.93. The van der Waals surface area contributed by atoms with Crippen molar-refractivity contribution < 1.29 is 20.1 Å². The van der Waals surface area contributed by atoms with E-state index in [1.165, 1.54) is 41.6 Å². The number of aliphatic hydroxyl groups is 1. The molecule has 2 saturated heterocycles. The van der Waals surface area contributed by atoms with Gasteiger partial charge in [-0.15, -0.1) is 29.4 Å². The number of hydrogen-bond acceptors (Lipinski definition) is 6. The van der Waals surface area contributed by atoms with Gasteiger partial charge in [0.2, 0.25) is 0 Å². The monoisotopic (exact) mass is 582 g/mol. The summed E-state index contributed by atoms with van der Waals surface area (Å²) in [6, 6.07) is 9.25. The van der Waals surface area contributed by atoms with Crippen LogP contribution in [0.5, 0.6) is 17.2 Å². The van der Waals surface area contributed by atoms with E-state index in [0.717, 1.165) is 56.0 Å². The maximum Gasteiger partial charge on any atom is 0.160 e. The van der Waals surface area contributed by atoms with Crippen LogP contribution in [0, 0.1) is 6.92 Å². The van der Waals surface area contributed by atoms with Crippen molar-refractivity contribution in [2.75, 3.05) is 33.4 Å². The number of nitrogens with zero attached hydrogens (tertiary/aromatic N) is 1. The highest BCUT2D eigenvalue weighted by atomic mass is 79.9. The second kappa shape index (κ2) is 12.4. The fourth-order valence-electron chi connectivity index (χ4n) is 7.00. The molecule has 2 aromatic carbocycles. The van der Waals surface area contributed by atoms with E-state index in [1.807, 2.05) is 6.07 Å². The Morgan fingerprint density at radius 3 is 2.44 bits per heavy atom. The number of ether oxygens (including phenoxy) is 1. The average molecular weight is 584 g/mol. The van der Waals surface area contributed by atoms with Gasteiger partial charge in [0.25, 0.3) is 0 Å². The quantitative estimate of drug-likeness (QED) is 0.396. The van der Waals surface area contributed by atoms with Crippen LogP contribution in [-0.2, 0) is 12.8 Å². The third kappa shape index (κ3) is 5.23. The van der Waals surface area contributed by atoms with Gasteiger partial charge in [-0.25, -0.2) is 0 Å². The Morgan fingerprint density at radius 1 is 0.972 bits per heavy atom. The minimum absolute atomic E-state index is 0. The van der Waals surface area contributed by atoms with Crippen LogP contribution in [0.25, 0.3) is 0 Å². The number of nitrogens with one attached hydrogen (secondary N) is 1. The first kappa shape index (κ1) is 29.1. The first-order valence-corrected chi connectivity index (χ1v) is 12.8. The zero-order valence-corrected chi connectivity index (χ0v) is 23.7. The first-order chi connectivity index (χ1) is 16.5. The molecule has 2 heterocycles. The molecule has 0 amide bonds. The van der Waals surface area contributed by atoms with Crippen LogP contribution in [0.4, 0.5) is 0 Å². The molecule has 0 aromatic heterocycles. The van der Waals surface area contributed by atoms with Gasteiger partial charge in [-0.05, 0) is 86.9 Å². The molecule has 2 aliphatic carbocycles. The summed E-state index contributed by atoms with van der Waals surface area (Å²) in [4.78, 5) is 2.34. The molecular weight excluding hydrogens is 544 g/mol. The number of benzene rings is 2. The first-order valence-electron chi connectivity index (χ1n) is 12.8. The Morgan fingerprint density at radius 2 is 1.69 bits per heavy atom. The molecular formula is C28H40BrClN2O4. The second-order valence-electron chi connectivity index (χ2n) is 10.2. The minimum atomic E-state index is -0.0163. The lowest BCUT2D eigenvalue weighted by Gasteiger charge is -2.33. The van der Waals surface area contributed by atoms with Crippen LogP contribution in [0.2, 0.25) is 0 Å². The van der Waals surface area contributed by atoms with Crippen molar-refractivity contribution in [3.05, 3.63) is 52.1 Å². The normalized spacial score (nSPS) is 25.6. The van der Waals surface area contributed by atoms with Crippen LogP contribution in [0.3, 0.4) is 0 Å². The van der Waals surface area contributed by atoms with Crippen LogP contribution in [0.15, 0.2) is 24.3 Å². The summed E-state index contributed by atoms with van der Waals surface area (Å²) in [5.74, 6) is 2.33. The molecule has 0 radical (unpaired) electrons. The van der Waals surface area contributed by atoms with Gasteiger partial charge in [-0.1, -0.05) is 18.2 Å². The van der Waals surface area contributed by atoms with Crippen molar-refractivity contribution in [3.63, 3.8) is 0 Å². The number of halogens is 2. The van der Waals surface area contributed by atoms with Crippen molar-refractivity contribution in [1.29, 1.82) is 0 Å². The molecule has 2 aromatic rings. The zero-order chi connectivity index (χ0) is 23.8. The predicted octanol–water partition coefficient (Wildman–Crippen LogP) is 4.59. The van der Waals surface area contributed by atoms with Crippen LogP contribution < -0.4 is 10.1 Å². The topological polar surface area (TPSA) is 85.2 Å². The van der Waals surface area contributed by atoms with E-state index < -0.39 is 0 Å². The Balaban J connectivity index is 0.000000191. The van der Waals surface area contributed by atoms with Crippen molar-refractivity contribution in [1.82, 2.24) is 10.2 Å². The van der Waals surface area contributed by atoms with E-state index in [-0.39, 0.29) is 47.5 Å². The number of aromatic hydroxyl groups is 2. The lowest BCUT2D eigenvalue weighted by molar-refractivity contribution is 0.171. The Bertz CT molecular complexity index is 1050. The van der Waals surface area contributed by atoms with Gasteiger partial charge in [0, 0.05) is 36.0 Å². The smallest absolute Gasteiger partial charge is 0.160 e. The molecule has 4 atom stereocenters. The lowest BCUT2D eigenvalue weighted by atomic mass is 9.79. The summed E-state index contributed by atoms with van der Waals surface area (Å²) >= 11 is 0. The predicted molar refractivity (Wildman–Crippen MR) is 151 cm³/mol. The lowest BCUT2D eigenvalue weighted by Crippen LogP contribution is -2.36. The average Bonchev–Trinajstić information content (AvgIpc) is 3.49. The second-order valence-corrected chi connectivity index (χ2v) is 10.2. The van der Waals surface area contributed by atoms with Crippen molar-refractivity contribution >= 4 is 29.4 Å². The highest BCUT2D eigenvalue weighted by Gasteiger charge is 2.39. The van der Waals surface area contributed by atoms with E-state index in [4.69, 9.17) is 9.84 Å². The maximum atomic E-state index is 9.93. The molecule has 200 valence electrons. The van der Waals surface area contributed by atoms with Gasteiger partial charge in [0.05, 0.1) is 13.7 Å². The third-order valence-electron chi connectivity index (χ3n) is 8.59. The largest absolute Gasteiger partial charge is 0.504 e. The highest BCUT2D eigenvalue weighted by molar-refractivity contribution is 8.93. The Hall–Kier alpha value is -1.51. The number of rotatable bonds is 3. The molecule has 8 heteroatoms. The van der Waals surface area contributed by atoms with Gasteiger partial charge < -0.3 is 25.4 Å². The molecule has 4 N–H and O–H groups in total. The summed E-state index contributed by atoms with van der Waals surface area (Å²) in [6.07, 6.45) is 6.57.